The molecular formula is C17H25NO3. The van der Waals surface area contributed by atoms with E-state index in [2.05, 4.69) is 18.7 Å². The van der Waals surface area contributed by atoms with Gasteiger partial charge in [-0.2, -0.15) is 0 Å². The van der Waals surface area contributed by atoms with E-state index >= 15 is 0 Å². The Bertz CT molecular complexity index is 509. The van der Waals surface area contributed by atoms with Crippen LogP contribution in [0.25, 0.3) is 0 Å². The SMILES string of the molecule is CCOc1ccc2c(c1)C(O)C(N1CCCC1)C(C)(C)O2. The number of hydrogen-bond donors (Lipinski definition) is 1. The lowest BCUT2D eigenvalue weighted by molar-refractivity contribution is -0.0758. The van der Waals surface area contributed by atoms with Gasteiger partial charge in [0.25, 0.3) is 0 Å². The van der Waals surface area contributed by atoms with Crippen LogP contribution in [0.1, 0.15) is 45.3 Å². The van der Waals surface area contributed by atoms with E-state index in [4.69, 9.17) is 9.47 Å². The van der Waals surface area contributed by atoms with Crippen LogP contribution >= 0.6 is 0 Å². The zero-order valence-corrected chi connectivity index (χ0v) is 13.1. The number of nitrogens with zero attached hydrogens (tertiary/aromatic N) is 1. The highest BCUT2D eigenvalue weighted by atomic mass is 16.5. The average molecular weight is 291 g/mol. The number of likely N-dealkylation sites (tertiary alicyclic amines) is 1. The maximum atomic E-state index is 10.9. The molecule has 2 aliphatic heterocycles. The minimum absolute atomic E-state index is 0.00984. The predicted octanol–water partition coefficient (Wildman–Crippen LogP) is 2.75. The Morgan fingerprint density at radius 2 is 2.05 bits per heavy atom. The third-order valence-corrected chi connectivity index (χ3v) is 4.53. The van der Waals surface area contributed by atoms with Crippen molar-refractivity contribution in [2.45, 2.75) is 51.4 Å². The molecule has 2 aliphatic rings. The van der Waals surface area contributed by atoms with Crippen LogP contribution in [0.15, 0.2) is 18.2 Å². The maximum absolute atomic E-state index is 10.9. The van der Waals surface area contributed by atoms with Crippen LogP contribution in [-0.4, -0.2) is 41.3 Å². The summed E-state index contributed by atoms with van der Waals surface area (Å²) in [6.07, 6.45) is 1.86. The summed E-state index contributed by atoms with van der Waals surface area (Å²) in [5.74, 6) is 1.56. The molecule has 116 valence electrons. The molecule has 3 rings (SSSR count). The normalized spacial score (nSPS) is 28.0. The molecule has 0 saturated carbocycles. The minimum Gasteiger partial charge on any atom is -0.494 e. The number of fused-ring (bicyclic) bond motifs is 1. The average Bonchev–Trinajstić information content (AvgIpc) is 2.93. The van der Waals surface area contributed by atoms with Gasteiger partial charge in [-0.05, 0) is 64.9 Å². The van der Waals surface area contributed by atoms with Crippen LogP contribution in [0.4, 0.5) is 0 Å². The molecule has 4 heteroatoms. The standard InChI is InChI=1S/C17H25NO3/c1-4-20-12-7-8-14-13(11-12)15(19)16(17(2,3)21-14)18-9-5-6-10-18/h7-8,11,15-16,19H,4-6,9-10H2,1-3H3. The second-order valence-corrected chi connectivity index (χ2v) is 6.47. The summed E-state index contributed by atoms with van der Waals surface area (Å²) in [6, 6.07) is 5.72. The van der Waals surface area contributed by atoms with E-state index in [1.807, 2.05) is 25.1 Å². The van der Waals surface area contributed by atoms with E-state index in [1.165, 1.54) is 12.8 Å². The Labute approximate surface area is 126 Å². The molecule has 0 amide bonds. The Hall–Kier alpha value is -1.26. The van der Waals surface area contributed by atoms with Crippen molar-refractivity contribution in [2.24, 2.45) is 0 Å². The van der Waals surface area contributed by atoms with Crippen LogP contribution < -0.4 is 9.47 Å². The van der Waals surface area contributed by atoms with Crippen molar-refractivity contribution in [3.8, 4) is 11.5 Å². The molecule has 0 spiro atoms. The molecule has 1 fully saturated rings. The molecule has 1 aromatic rings. The van der Waals surface area contributed by atoms with Gasteiger partial charge < -0.3 is 14.6 Å². The number of aliphatic hydroxyl groups is 1. The van der Waals surface area contributed by atoms with Crippen molar-refractivity contribution in [3.05, 3.63) is 23.8 Å². The largest absolute Gasteiger partial charge is 0.494 e. The number of aliphatic hydroxyl groups excluding tert-OH is 1. The summed E-state index contributed by atoms with van der Waals surface area (Å²) >= 11 is 0. The fourth-order valence-electron chi connectivity index (χ4n) is 3.66. The van der Waals surface area contributed by atoms with Gasteiger partial charge in [-0.25, -0.2) is 0 Å². The van der Waals surface area contributed by atoms with E-state index in [9.17, 15) is 5.11 Å². The van der Waals surface area contributed by atoms with Gasteiger partial charge in [0, 0.05) is 5.56 Å². The second-order valence-electron chi connectivity index (χ2n) is 6.47. The van der Waals surface area contributed by atoms with Gasteiger partial charge in [0.05, 0.1) is 12.6 Å². The summed E-state index contributed by atoms with van der Waals surface area (Å²) in [7, 11) is 0. The molecule has 0 aliphatic carbocycles. The maximum Gasteiger partial charge on any atom is 0.126 e. The highest BCUT2D eigenvalue weighted by molar-refractivity contribution is 5.44. The topological polar surface area (TPSA) is 41.9 Å². The fraction of sp³-hybridized carbons (Fsp3) is 0.647. The van der Waals surface area contributed by atoms with Crippen molar-refractivity contribution in [3.63, 3.8) is 0 Å². The lowest BCUT2D eigenvalue weighted by atomic mass is 9.85. The van der Waals surface area contributed by atoms with E-state index in [0.29, 0.717) is 6.61 Å². The zero-order chi connectivity index (χ0) is 15.0. The highest BCUT2D eigenvalue weighted by Gasteiger charge is 2.46. The smallest absolute Gasteiger partial charge is 0.126 e. The third kappa shape index (κ3) is 2.62. The van der Waals surface area contributed by atoms with Crippen LogP contribution in [0, 0.1) is 0 Å². The summed E-state index contributed by atoms with van der Waals surface area (Å²) < 4.78 is 11.7. The van der Waals surface area contributed by atoms with E-state index in [-0.39, 0.29) is 6.04 Å². The van der Waals surface area contributed by atoms with Gasteiger partial charge in [-0.3, -0.25) is 4.90 Å². The summed E-state index contributed by atoms with van der Waals surface area (Å²) in [6.45, 7) is 8.79. The van der Waals surface area contributed by atoms with Crippen LogP contribution in [-0.2, 0) is 0 Å². The van der Waals surface area contributed by atoms with Crippen molar-refractivity contribution in [1.29, 1.82) is 0 Å². The highest BCUT2D eigenvalue weighted by Crippen LogP contribution is 2.44. The Balaban J connectivity index is 1.96. The van der Waals surface area contributed by atoms with Gasteiger partial charge in [0.2, 0.25) is 0 Å². The Morgan fingerprint density at radius 1 is 1.33 bits per heavy atom. The minimum atomic E-state index is -0.540. The molecule has 2 heterocycles. The summed E-state index contributed by atoms with van der Waals surface area (Å²) in [5, 5.41) is 10.9. The summed E-state index contributed by atoms with van der Waals surface area (Å²) in [5.41, 5.74) is 0.446. The first kappa shape index (κ1) is 14.7. The number of rotatable bonds is 3. The molecule has 1 N–H and O–H groups in total. The van der Waals surface area contributed by atoms with Crippen LogP contribution in [0.5, 0.6) is 11.5 Å². The molecule has 2 unspecified atom stereocenters. The third-order valence-electron chi connectivity index (χ3n) is 4.53. The molecule has 2 atom stereocenters. The number of ether oxygens (including phenoxy) is 2. The number of benzene rings is 1. The van der Waals surface area contributed by atoms with Crippen molar-refractivity contribution in [1.82, 2.24) is 4.90 Å². The Morgan fingerprint density at radius 3 is 2.71 bits per heavy atom. The monoisotopic (exact) mass is 291 g/mol. The van der Waals surface area contributed by atoms with Crippen molar-refractivity contribution in [2.75, 3.05) is 19.7 Å². The van der Waals surface area contributed by atoms with Gasteiger partial charge in [0.1, 0.15) is 23.2 Å². The fourth-order valence-corrected chi connectivity index (χ4v) is 3.66. The zero-order valence-electron chi connectivity index (χ0n) is 13.1. The van der Waals surface area contributed by atoms with E-state index in [1.54, 1.807) is 0 Å². The van der Waals surface area contributed by atoms with E-state index < -0.39 is 11.7 Å². The molecule has 1 saturated heterocycles. The first-order valence-corrected chi connectivity index (χ1v) is 7.91. The van der Waals surface area contributed by atoms with Crippen molar-refractivity contribution >= 4 is 0 Å². The van der Waals surface area contributed by atoms with Crippen LogP contribution in [0.2, 0.25) is 0 Å². The lowest BCUT2D eigenvalue weighted by Crippen LogP contribution is -2.57. The van der Waals surface area contributed by atoms with Gasteiger partial charge in [-0.1, -0.05) is 0 Å². The van der Waals surface area contributed by atoms with Crippen LogP contribution in [0.3, 0.4) is 0 Å². The first-order chi connectivity index (χ1) is 10.0. The summed E-state index contributed by atoms with van der Waals surface area (Å²) in [4.78, 5) is 2.36. The molecule has 0 aromatic heterocycles. The molecular weight excluding hydrogens is 266 g/mol. The number of hydrogen-bond acceptors (Lipinski definition) is 4. The molecule has 0 radical (unpaired) electrons. The predicted molar refractivity (Wildman–Crippen MR) is 81.9 cm³/mol. The van der Waals surface area contributed by atoms with E-state index in [0.717, 1.165) is 30.2 Å². The van der Waals surface area contributed by atoms with Gasteiger partial charge >= 0.3 is 0 Å². The van der Waals surface area contributed by atoms with Gasteiger partial charge in [0.15, 0.2) is 0 Å². The quantitative estimate of drug-likeness (QED) is 0.930. The lowest BCUT2D eigenvalue weighted by Gasteiger charge is -2.47. The van der Waals surface area contributed by atoms with Gasteiger partial charge in [-0.15, -0.1) is 0 Å². The molecule has 21 heavy (non-hydrogen) atoms. The Kier molecular flexibility index (Phi) is 3.84. The first-order valence-electron chi connectivity index (χ1n) is 7.91. The molecule has 0 bridgehead atoms. The second kappa shape index (κ2) is 5.50. The molecule has 1 aromatic carbocycles. The molecule has 4 nitrogen and oxygen atoms in total. The van der Waals surface area contributed by atoms with Crippen molar-refractivity contribution < 1.29 is 14.6 Å².